The van der Waals surface area contributed by atoms with E-state index in [1.165, 1.54) is 119 Å². The number of carbonyl (C=O) groups is 4. The summed E-state index contributed by atoms with van der Waals surface area (Å²) < 4.78 is 9.77. The number of nitrogens with one attached hydrogen (secondary N) is 2. The van der Waals surface area contributed by atoms with Crippen molar-refractivity contribution >= 4 is 45.3 Å². The Labute approximate surface area is 282 Å². The van der Waals surface area contributed by atoms with E-state index < -0.39 is 24.0 Å². The minimum Gasteiger partial charge on any atom is -0.467 e. The van der Waals surface area contributed by atoms with E-state index in [4.69, 9.17) is 15.2 Å². The molecule has 11 heteroatoms. The van der Waals surface area contributed by atoms with E-state index in [0.717, 1.165) is 51.5 Å². The zero-order chi connectivity index (χ0) is 33.4. The second kappa shape index (κ2) is 32.5. The van der Waals surface area contributed by atoms with Crippen LogP contribution in [0.2, 0.25) is 0 Å². The van der Waals surface area contributed by atoms with Gasteiger partial charge in [0.05, 0.1) is 14.2 Å². The molecule has 0 aliphatic rings. The van der Waals surface area contributed by atoms with Gasteiger partial charge in [0.15, 0.2) is 0 Å². The van der Waals surface area contributed by atoms with Crippen LogP contribution in [0.15, 0.2) is 0 Å². The molecule has 0 aromatic rings. The molecule has 0 saturated carbocycles. The lowest BCUT2D eigenvalue weighted by Crippen LogP contribution is -2.44. The van der Waals surface area contributed by atoms with Crippen LogP contribution in [0.1, 0.15) is 148 Å². The Morgan fingerprint density at radius 1 is 0.533 bits per heavy atom. The maximum atomic E-state index is 12.5. The van der Waals surface area contributed by atoms with Crippen molar-refractivity contribution in [2.24, 2.45) is 5.73 Å². The molecule has 264 valence electrons. The third kappa shape index (κ3) is 27.4. The summed E-state index contributed by atoms with van der Waals surface area (Å²) in [5, 5.41) is 5.59. The van der Waals surface area contributed by atoms with Gasteiger partial charge in [0.25, 0.3) is 0 Å². The van der Waals surface area contributed by atoms with E-state index in [1.807, 2.05) is 0 Å². The van der Waals surface area contributed by atoms with Crippen LogP contribution >= 0.6 is 21.6 Å². The Bertz CT molecular complexity index is 759. The first-order valence-electron chi connectivity index (χ1n) is 17.6. The molecule has 0 aromatic carbocycles. The van der Waals surface area contributed by atoms with Crippen LogP contribution in [0, 0.1) is 0 Å². The normalized spacial score (nSPS) is 12.4. The Hall–Kier alpha value is -1.46. The zero-order valence-corrected chi connectivity index (χ0v) is 30.3. The highest BCUT2D eigenvalue weighted by Crippen LogP contribution is 2.24. The highest BCUT2D eigenvalue weighted by molar-refractivity contribution is 8.76. The first-order chi connectivity index (χ1) is 21.9. The number of carbonyl (C=O) groups excluding carboxylic acids is 4. The summed E-state index contributed by atoms with van der Waals surface area (Å²) >= 11 is 0. The maximum absolute atomic E-state index is 12.5. The van der Waals surface area contributed by atoms with Crippen molar-refractivity contribution < 1.29 is 28.7 Å². The van der Waals surface area contributed by atoms with Gasteiger partial charge >= 0.3 is 11.9 Å². The van der Waals surface area contributed by atoms with E-state index in [9.17, 15) is 19.2 Å². The first-order valence-corrected chi connectivity index (χ1v) is 20.1. The molecule has 4 N–H and O–H groups in total. The summed E-state index contributed by atoms with van der Waals surface area (Å²) in [4.78, 5) is 49.5. The predicted molar refractivity (Wildman–Crippen MR) is 189 cm³/mol. The number of hydrogen-bond donors (Lipinski definition) is 3. The van der Waals surface area contributed by atoms with Crippen molar-refractivity contribution in [1.29, 1.82) is 0 Å². The van der Waals surface area contributed by atoms with Crippen LogP contribution in [-0.4, -0.2) is 68.1 Å². The molecule has 2 atom stereocenters. The molecule has 9 nitrogen and oxygen atoms in total. The number of nitrogens with two attached hydrogens (primary N) is 1. The van der Waals surface area contributed by atoms with Crippen LogP contribution in [0.25, 0.3) is 0 Å². The number of esters is 2. The van der Waals surface area contributed by atoms with Crippen molar-refractivity contribution in [2.45, 2.75) is 160 Å². The predicted octanol–water partition coefficient (Wildman–Crippen LogP) is 7.24. The van der Waals surface area contributed by atoms with Crippen LogP contribution < -0.4 is 16.4 Å². The van der Waals surface area contributed by atoms with Gasteiger partial charge in [-0.05, 0) is 25.8 Å². The molecule has 0 heterocycles. The van der Waals surface area contributed by atoms with E-state index in [2.05, 4.69) is 17.6 Å². The lowest BCUT2D eigenvalue weighted by molar-refractivity contribution is -0.144. The van der Waals surface area contributed by atoms with Crippen LogP contribution in [0.4, 0.5) is 0 Å². The molecule has 45 heavy (non-hydrogen) atoms. The summed E-state index contributed by atoms with van der Waals surface area (Å²) in [6.45, 7) is 3.01. The van der Waals surface area contributed by atoms with Gasteiger partial charge in [-0.1, -0.05) is 138 Å². The van der Waals surface area contributed by atoms with E-state index in [-0.39, 0.29) is 23.3 Å². The Morgan fingerprint density at radius 2 is 0.844 bits per heavy atom. The van der Waals surface area contributed by atoms with Gasteiger partial charge in [0, 0.05) is 24.3 Å². The number of rotatable bonds is 32. The number of ether oxygens (including phenoxy) is 2. The quantitative estimate of drug-likeness (QED) is 0.0383. The molecule has 0 fully saturated rings. The summed E-state index contributed by atoms with van der Waals surface area (Å²) in [5.41, 5.74) is 5.52. The van der Waals surface area contributed by atoms with Crippen molar-refractivity contribution in [3.05, 3.63) is 0 Å². The van der Waals surface area contributed by atoms with Gasteiger partial charge in [0.2, 0.25) is 11.8 Å². The Morgan fingerprint density at radius 3 is 1.16 bits per heavy atom. The van der Waals surface area contributed by atoms with Crippen LogP contribution in [-0.2, 0) is 28.7 Å². The highest BCUT2D eigenvalue weighted by atomic mass is 33.1. The molecule has 0 radical (unpaired) electrons. The number of methoxy groups -OCH3 is 2. The fourth-order valence-electron chi connectivity index (χ4n) is 5.00. The lowest BCUT2D eigenvalue weighted by atomic mass is 10.1. The number of hydrogen-bond acceptors (Lipinski definition) is 9. The van der Waals surface area contributed by atoms with E-state index >= 15 is 0 Å². The standard InChI is InChI=1S/C34H65N3O6S2/c1-4-5-6-7-8-9-12-15-18-21-24-31(38)36-29(33(40)42-2)27-44-45-28-30(34(41)43-3)37-32(39)25-22-19-16-13-10-11-14-17-20-23-26-35/h29-30H,4-28,35H2,1-3H3,(H,36,38)(H,37,39). The topological polar surface area (TPSA) is 137 Å². The summed E-state index contributed by atoms with van der Waals surface area (Å²) in [6.07, 6.45) is 24.1. The Balaban J connectivity index is 4.23. The molecular weight excluding hydrogens is 611 g/mol. The average Bonchev–Trinajstić information content (AvgIpc) is 3.04. The van der Waals surface area contributed by atoms with Gasteiger partial charge in [-0.3, -0.25) is 9.59 Å². The fourth-order valence-corrected chi connectivity index (χ4v) is 7.30. The molecular formula is C34H65N3O6S2. The highest BCUT2D eigenvalue weighted by Gasteiger charge is 2.24. The van der Waals surface area contributed by atoms with Crippen molar-refractivity contribution in [3.8, 4) is 0 Å². The summed E-state index contributed by atoms with van der Waals surface area (Å²) in [5.74, 6) is -0.751. The minimum atomic E-state index is -0.776. The largest absolute Gasteiger partial charge is 0.467 e. The molecule has 0 aliphatic carbocycles. The molecule has 0 rings (SSSR count). The summed E-state index contributed by atoms with van der Waals surface area (Å²) in [6, 6.07) is -1.55. The fraction of sp³-hybridized carbons (Fsp3) is 0.882. The smallest absolute Gasteiger partial charge is 0.329 e. The number of amides is 2. The molecule has 0 spiro atoms. The van der Waals surface area contributed by atoms with Gasteiger partial charge in [-0.25, -0.2) is 9.59 Å². The monoisotopic (exact) mass is 675 g/mol. The SMILES string of the molecule is CCCCCCCCCCCCC(=O)NC(CSSCC(NC(=O)CCCCCCCCCCCCN)C(=O)OC)C(=O)OC. The number of unbranched alkanes of at least 4 members (excludes halogenated alkanes) is 18. The van der Waals surface area contributed by atoms with Crippen LogP contribution in [0.3, 0.4) is 0 Å². The van der Waals surface area contributed by atoms with Crippen LogP contribution in [0.5, 0.6) is 0 Å². The second-order valence-electron chi connectivity index (χ2n) is 11.9. The van der Waals surface area contributed by atoms with Crippen molar-refractivity contribution in [2.75, 3.05) is 32.3 Å². The van der Waals surface area contributed by atoms with Crippen molar-refractivity contribution in [1.82, 2.24) is 10.6 Å². The first kappa shape index (κ1) is 43.5. The van der Waals surface area contributed by atoms with Gasteiger partial charge in [-0.15, -0.1) is 0 Å². The van der Waals surface area contributed by atoms with E-state index in [1.54, 1.807) is 0 Å². The zero-order valence-electron chi connectivity index (χ0n) is 28.7. The molecule has 0 aliphatic heterocycles. The molecule has 0 saturated heterocycles. The van der Waals surface area contributed by atoms with Gasteiger partial charge in [0.1, 0.15) is 12.1 Å². The maximum Gasteiger partial charge on any atom is 0.329 e. The minimum absolute atomic E-state index is 0.159. The lowest BCUT2D eigenvalue weighted by Gasteiger charge is -2.18. The third-order valence-electron chi connectivity index (χ3n) is 7.81. The second-order valence-corrected chi connectivity index (χ2v) is 14.4. The molecule has 2 amide bonds. The molecule has 0 aromatic heterocycles. The van der Waals surface area contributed by atoms with Crippen molar-refractivity contribution in [3.63, 3.8) is 0 Å². The van der Waals surface area contributed by atoms with Gasteiger partial charge in [-0.2, -0.15) is 0 Å². The average molecular weight is 676 g/mol. The third-order valence-corrected chi connectivity index (χ3v) is 10.2. The summed E-state index contributed by atoms with van der Waals surface area (Å²) in [7, 11) is 5.30. The van der Waals surface area contributed by atoms with E-state index in [0.29, 0.717) is 12.8 Å². The molecule has 2 unspecified atom stereocenters. The Kier molecular flexibility index (Phi) is 31.4. The van der Waals surface area contributed by atoms with Gasteiger partial charge < -0.3 is 25.8 Å². The molecule has 0 bridgehead atoms.